The van der Waals surface area contributed by atoms with Crippen molar-refractivity contribution >= 4 is 40.4 Å². The lowest BCUT2D eigenvalue weighted by Crippen LogP contribution is -2.35. The first-order valence-electron chi connectivity index (χ1n) is 8.90. The Hall–Kier alpha value is -3.10. The second-order valence-corrected chi connectivity index (χ2v) is 7.56. The molecule has 0 unspecified atom stereocenters. The van der Waals surface area contributed by atoms with Gasteiger partial charge in [0.1, 0.15) is 10.7 Å². The number of likely N-dealkylation sites (N-methyl/N-ethyl adjacent to an activating group) is 1. The summed E-state index contributed by atoms with van der Waals surface area (Å²) in [6, 6.07) is 12.3. The van der Waals surface area contributed by atoms with Crippen LogP contribution >= 0.6 is 22.9 Å². The second kappa shape index (κ2) is 9.60. The smallest absolute Gasteiger partial charge is 0.273 e. The molecule has 0 aliphatic heterocycles. The number of aromatic nitrogens is 1. The Balaban J connectivity index is 1.68. The minimum Gasteiger partial charge on any atom is -0.493 e. The van der Waals surface area contributed by atoms with Crippen LogP contribution in [0.4, 0.5) is 5.69 Å². The largest absolute Gasteiger partial charge is 0.493 e. The summed E-state index contributed by atoms with van der Waals surface area (Å²) in [5.41, 5.74) is 1.56. The summed E-state index contributed by atoms with van der Waals surface area (Å²) < 4.78 is 10.6. The molecule has 2 amide bonds. The minimum atomic E-state index is -0.354. The maximum absolute atomic E-state index is 12.7. The zero-order valence-corrected chi connectivity index (χ0v) is 18.2. The molecule has 7 nitrogen and oxygen atoms in total. The molecule has 0 aliphatic carbocycles. The van der Waals surface area contributed by atoms with Crippen molar-refractivity contribution in [3.05, 3.63) is 58.6 Å². The molecule has 0 saturated carbocycles. The molecule has 0 bridgehead atoms. The number of rotatable bonds is 7. The van der Waals surface area contributed by atoms with Crippen LogP contribution in [0.3, 0.4) is 0 Å². The fraction of sp³-hybridized carbons (Fsp3) is 0.190. The van der Waals surface area contributed by atoms with Crippen molar-refractivity contribution in [2.45, 2.75) is 0 Å². The van der Waals surface area contributed by atoms with Gasteiger partial charge in [-0.05, 0) is 30.3 Å². The van der Waals surface area contributed by atoms with Crippen molar-refractivity contribution in [1.29, 1.82) is 0 Å². The summed E-state index contributed by atoms with van der Waals surface area (Å²) in [5.74, 6) is 0.478. The number of nitrogens with one attached hydrogen (secondary N) is 1. The molecule has 1 N–H and O–H groups in total. The number of methoxy groups -OCH3 is 2. The first kappa shape index (κ1) is 21.6. The molecule has 1 heterocycles. The number of benzene rings is 2. The van der Waals surface area contributed by atoms with Gasteiger partial charge in [0.25, 0.3) is 5.91 Å². The molecule has 156 valence electrons. The van der Waals surface area contributed by atoms with E-state index >= 15 is 0 Å². The van der Waals surface area contributed by atoms with E-state index in [1.165, 1.54) is 16.2 Å². The second-order valence-electron chi connectivity index (χ2n) is 6.30. The summed E-state index contributed by atoms with van der Waals surface area (Å²) in [6.07, 6.45) is 0. The van der Waals surface area contributed by atoms with Crippen molar-refractivity contribution in [2.75, 3.05) is 33.1 Å². The summed E-state index contributed by atoms with van der Waals surface area (Å²) >= 11 is 7.38. The number of ether oxygens (including phenoxy) is 2. The van der Waals surface area contributed by atoms with E-state index in [1.54, 1.807) is 63.0 Å². The van der Waals surface area contributed by atoms with Gasteiger partial charge in [0.05, 0.1) is 31.5 Å². The van der Waals surface area contributed by atoms with E-state index in [9.17, 15) is 9.59 Å². The lowest BCUT2D eigenvalue weighted by atomic mass is 10.2. The number of thiazole rings is 1. The van der Waals surface area contributed by atoms with Crippen LogP contribution in [0.2, 0.25) is 5.02 Å². The van der Waals surface area contributed by atoms with E-state index in [1.807, 2.05) is 6.07 Å². The normalized spacial score (nSPS) is 10.4. The lowest BCUT2D eigenvalue weighted by molar-refractivity contribution is -0.116. The van der Waals surface area contributed by atoms with E-state index in [0.29, 0.717) is 27.2 Å². The molecule has 0 aliphatic rings. The summed E-state index contributed by atoms with van der Waals surface area (Å²) in [4.78, 5) is 30.7. The molecule has 2 aromatic carbocycles. The van der Waals surface area contributed by atoms with Gasteiger partial charge in [0.2, 0.25) is 5.91 Å². The summed E-state index contributed by atoms with van der Waals surface area (Å²) in [7, 11) is 4.67. The Morgan fingerprint density at radius 2 is 1.87 bits per heavy atom. The monoisotopic (exact) mass is 445 g/mol. The van der Waals surface area contributed by atoms with Crippen LogP contribution in [0.25, 0.3) is 10.6 Å². The van der Waals surface area contributed by atoms with E-state index in [0.717, 1.165) is 5.56 Å². The van der Waals surface area contributed by atoms with Crippen LogP contribution in [0.15, 0.2) is 47.8 Å². The molecule has 3 aromatic rings. The van der Waals surface area contributed by atoms with E-state index in [4.69, 9.17) is 21.1 Å². The van der Waals surface area contributed by atoms with Gasteiger partial charge in [-0.3, -0.25) is 9.59 Å². The Bertz CT molecular complexity index is 1070. The third kappa shape index (κ3) is 4.90. The van der Waals surface area contributed by atoms with Crippen LogP contribution in [0.5, 0.6) is 11.5 Å². The highest BCUT2D eigenvalue weighted by molar-refractivity contribution is 7.13. The quantitative estimate of drug-likeness (QED) is 0.589. The predicted octanol–water partition coefficient (Wildman–Crippen LogP) is 4.19. The van der Waals surface area contributed by atoms with Gasteiger partial charge >= 0.3 is 0 Å². The number of nitrogens with zero attached hydrogens (tertiary/aromatic N) is 2. The maximum Gasteiger partial charge on any atom is 0.273 e. The molecule has 1 aromatic heterocycles. The molecule has 0 atom stereocenters. The molecule has 3 rings (SSSR count). The Kier molecular flexibility index (Phi) is 6.91. The molecular formula is C21H20ClN3O4S. The Morgan fingerprint density at radius 1 is 1.13 bits per heavy atom. The fourth-order valence-electron chi connectivity index (χ4n) is 2.71. The number of carbonyl (C=O) groups is 2. The molecule has 0 fully saturated rings. The first-order chi connectivity index (χ1) is 14.4. The van der Waals surface area contributed by atoms with Crippen LogP contribution in [0.1, 0.15) is 10.5 Å². The third-order valence-electron chi connectivity index (χ3n) is 4.23. The Morgan fingerprint density at radius 3 is 2.57 bits per heavy atom. The molecule has 0 spiro atoms. The van der Waals surface area contributed by atoms with Gasteiger partial charge in [-0.25, -0.2) is 4.98 Å². The van der Waals surface area contributed by atoms with Crippen LogP contribution in [-0.4, -0.2) is 49.5 Å². The van der Waals surface area contributed by atoms with Crippen molar-refractivity contribution in [3.8, 4) is 22.1 Å². The number of hydrogen-bond acceptors (Lipinski definition) is 6. The highest BCUT2D eigenvalue weighted by Gasteiger charge is 2.19. The van der Waals surface area contributed by atoms with E-state index < -0.39 is 0 Å². The summed E-state index contributed by atoms with van der Waals surface area (Å²) in [5, 5.41) is 5.45. The molecular weight excluding hydrogens is 426 g/mol. The van der Waals surface area contributed by atoms with Gasteiger partial charge in [-0.15, -0.1) is 11.3 Å². The number of amides is 2. The average Bonchev–Trinajstić information content (AvgIpc) is 3.24. The SMILES string of the molecule is COc1ccc(-c2nc(C(=O)N(C)CC(=O)Nc3ccccc3Cl)cs2)cc1OC. The topological polar surface area (TPSA) is 80.8 Å². The van der Waals surface area contributed by atoms with Gasteiger partial charge < -0.3 is 19.7 Å². The first-order valence-corrected chi connectivity index (χ1v) is 10.2. The molecule has 0 radical (unpaired) electrons. The number of carbonyl (C=O) groups excluding carboxylic acids is 2. The van der Waals surface area contributed by atoms with Crippen molar-refractivity contribution < 1.29 is 19.1 Å². The van der Waals surface area contributed by atoms with Gasteiger partial charge in [-0.1, -0.05) is 23.7 Å². The van der Waals surface area contributed by atoms with Gasteiger partial charge in [0.15, 0.2) is 11.5 Å². The third-order valence-corrected chi connectivity index (χ3v) is 5.45. The molecule has 0 saturated heterocycles. The zero-order valence-electron chi connectivity index (χ0n) is 16.6. The standard InChI is InChI=1S/C21H20ClN3O4S/c1-25(11-19(26)23-15-7-5-4-6-14(15)22)21(27)16-12-30-20(24-16)13-8-9-17(28-2)18(10-13)29-3/h4-10,12H,11H2,1-3H3,(H,23,26). The van der Waals surface area contributed by atoms with E-state index in [-0.39, 0.29) is 24.1 Å². The predicted molar refractivity (Wildman–Crippen MR) is 118 cm³/mol. The van der Waals surface area contributed by atoms with Crippen LogP contribution < -0.4 is 14.8 Å². The van der Waals surface area contributed by atoms with Gasteiger partial charge in [-0.2, -0.15) is 0 Å². The number of halogens is 1. The lowest BCUT2D eigenvalue weighted by Gasteiger charge is -2.16. The van der Waals surface area contributed by atoms with Gasteiger partial charge in [0, 0.05) is 18.0 Å². The molecule has 30 heavy (non-hydrogen) atoms. The van der Waals surface area contributed by atoms with Crippen molar-refractivity contribution in [3.63, 3.8) is 0 Å². The van der Waals surface area contributed by atoms with Crippen molar-refractivity contribution in [1.82, 2.24) is 9.88 Å². The van der Waals surface area contributed by atoms with Crippen LogP contribution in [0, 0.1) is 0 Å². The zero-order chi connectivity index (χ0) is 21.7. The van der Waals surface area contributed by atoms with Crippen molar-refractivity contribution in [2.24, 2.45) is 0 Å². The number of hydrogen-bond donors (Lipinski definition) is 1. The Labute approximate surface area is 183 Å². The fourth-order valence-corrected chi connectivity index (χ4v) is 3.68. The number of anilines is 1. The average molecular weight is 446 g/mol. The summed E-state index contributed by atoms with van der Waals surface area (Å²) in [6.45, 7) is -0.132. The highest BCUT2D eigenvalue weighted by Crippen LogP contribution is 2.33. The highest BCUT2D eigenvalue weighted by atomic mass is 35.5. The van der Waals surface area contributed by atoms with Crippen LogP contribution in [-0.2, 0) is 4.79 Å². The molecule has 9 heteroatoms. The van der Waals surface area contributed by atoms with E-state index in [2.05, 4.69) is 10.3 Å². The number of para-hydroxylation sites is 1. The minimum absolute atomic E-state index is 0.132. The maximum atomic E-state index is 12.7.